The number of fused-ring (bicyclic) bond motifs is 1. The highest BCUT2D eigenvalue weighted by molar-refractivity contribution is 5.87. The molecule has 1 amide bonds. The number of amides is 1. The number of carbonyl (C=O) groups is 2. The Morgan fingerprint density at radius 3 is 2.44 bits per heavy atom. The molecule has 1 saturated carbocycles. The number of likely N-dealkylation sites (tertiary alicyclic amines) is 1. The number of nitrogens with zero attached hydrogens (tertiary/aromatic N) is 1. The number of hydrogen-bond acceptors (Lipinski definition) is 3. The van der Waals surface area contributed by atoms with Crippen LogP contribution < -0.4 is 0 Å². The van der Waals surface area contributed by atoms with Gasteiger partial charge in [-0.05, 0) is 41.0 Å². The summed E-state index contributed by atoms with van der Waals surface area (Å²) >= 11 is 0. The Morgan fingerprint density at radius 1 is 1.11 bits per heavy atom. The van der Waals surface area contributed by atoms with E-state index < -0.39 is 5.60 Å². The number of benzene rings is 2. The second-order valence-electron chi connectivity index (χ2n) is 8.93. The summed E-state index contributed by atoms with van der Waals surface area (Å²) in [6.45, 7) is 6.49. The van der Waals surface area contributed by atoms with Crippen molar-refractivity contribution in [1.29, 1.82) is 0 Å². The molecule has 2 atom stereocenters. The van der Waals surface area contributed by atoms with Gasteiger partial charge in [0, 0.05) is 12.3 Å². The zero-order valence-corrected chi connectivity index (χ0v) is 16.2. The molecule has 142 valence electrons. The lowest BCUT2D eigenvalue weighted by molar-refractivity contribution is -0.163. The zero-order chi connectivity index (χ0) is 19.4. The van der Waals surface area contributed by atoms with Gasteiger partial charge < -0.3 is 10.0 Å². The van der Waals surface area contributed by atoms with Gasteiger partial charge in [-0.25, -0.2) is 0 Å². The molecule has 4 nitrogen and oxygen atoms in total. The van der Waals surface area contributed by atoms with Crippen LogP contribution in [0.5, 0.6) is 0 Å². The maximum absolute atomic E-state index is 12.7. The van der Waals surface area contributed by atoms with Crippen LogP contribution in [-0.4, -0.2) is 34.8 Å². The maximum atomic E-state index is 12.7. The van der Waals surface area contributed by atoms with E-state index in [4.69, 9.17) is 0 Å². The van der Waals surface area contributed by atoms with E-state index in [1.807, 2.05) is 42.5 Å². The fourth-order valence-electron chi connectivity index (χ4n) is 4.96. The second-order valence-corrected chi connectivity index (χ2v) is 8.93. The van der Waals surface area contributed by atoms with Crippen LogP contribution >= 0.6 is 0 Å². The molecule has 2 fully saturated rings. The molecule has 2 aliphatic rings. The minimum atomic E-state index is -0.979. The van der Waals surface area contributed by atoms with Gasteiger partial charge in [0.15, 0.2) is 0 Å². The minimum Gasteiger partial charge on any atom is -0.381 e. The van der Waals surface area contributed by atoms with Crippen LogP contribution in [0.4, 0.5) is 0 Å². The van der Waals surface area contributed by atoms with Crippen LogP contribution in [0, 0.1) is 17.3 Å². The minimum absolute atomic E-state index is 0.0688. The molecule has 4 heteroatoms. The van der Waals surface area contributed by atoms with Gasteiger partial charge in [0.1, 0.15) is 11.4 Å². The predicted molar refractivity (Wildman–Crippen MR) is 105 cm³/mol. The first kappa shape index (κ1) is 18.2. The Balaban J connectivity index is 1.43. The number of ketones is 1. The van der Waals surface area contributed by atoms with E-state index in [1.54, 1.807) is 11.8 Å². The van der Waals surface area contributed by atoms with Crippen molar-refractivity contribution in [3.05, 3.63) is 48.0 Å². The fraction of sp³-hybridized carbons (Fsp3) is 0.478. The van der Waals surface area contributed by atoms with Gasteiger partial charge in [-0.15, -0.1) is 0 Å². The van der Waals surface area contributed by atoms with E-state index in [0.717, 1.165) is 22.8 Å². The van der Waals surface area contributed by atoms with Crippen molar-refractivity contribution in [2.75, 3.05) is 13.1 Å². The molecule has 0 bridgehead atoms. The first-order valence-electron chi connectivity index (χ1n) is 9.71. The lowest BCUT2D eigenvalue weighted by atomic mass is 9.52. The SMILES string of the molecule is CC(=O)[C@@H]1C[C@H](CC(=O)N2CC(O)(c3cccc4ccccc34)C2)C1(C)C. The summed E-state index contributed by atoms with van der Waals surface area (Å²) in [5.41, 5.74) is -0.198. The standard InChI is InChI=1S/C23H27NO3/c1-15(25)20-11-17(22(20,2)3)12-21(26)24-13-23(27,14-24)19-10-6-8-16-7-4-5-9-18(16)19/h4-10,17,20,27H,11-14H2,1-3H3/t17-,20+/m1/s1. The van der Waals surface area contributed by atoms with Crippen LogP contribution in [0.15, 0.2) is 42.5 Å². The van der Waals surface area contributed by atoms with Crippen LogP contribution in [0.1, 0.15) is 39.2 Å². The summed E-state index contributed by atoms with van der Waals surface area (Å²) in [5, 5.41) is 13.2. The quantitative estimate of drug-likeness (QED) is 0.902. The van der Waals surface area contributed by atoms with Gasteiger partial charge >= 0.3 is 0 Å². The Hall–Kier alpha value is -2.20. The number of hydrogen-bond donors (Lipinski definition) is 1. The molecule has 0 unspecified atom stereocenters. The predicted octanol–water partition coefficient (Wildman–Crippen LogP) is 3.51. The number of β-amino-alcohol motifs (C(OH)–C–C–N with tert-alkyl or cyclic N) is 1. The van der Waals surface area contributed by atoms with Crippen LogP contribution in [0.2, 0.25) is 0 Å². The summed E-state index contributed by atoms with van der Waals surface area (Å²) in [4.78, 5) is 26.1. The molecule has 27 heavy (non-hydrogen) atoms. The highest BCUT2D eigenvalue weighted by Crippen LogP contribution is 2.53. The molecule has 1 heterocycles. The Labute approximate surface area is 160 Å². The average Bonchev–Trinajstić information content (AvgIpc) is 2.61. The van der Waals surface area contributed by atoms with E-state index in [0.29, 0.717) is 19.5 Å². The van der Waals surface area contributed by atoms with E-state index >= 15 is 0 Å². The lowest BCUT2D eigenvalue weighted by Crippen LogP contribution is -2.62. The third-order valence-electron chi connectivity index (χ3n) is 6.93. The molecule has 1 aliphatic carbocycles. The highest BCUT2D eigenvalue weighted by atomic mass is 16.3. The topological polar surface area (TPSA) is 57.6 Å². The molecule has 1 saturated heterocycles. The fourth-order valence-corrected chi connectivity index (χ4v) is 4.96. The van der Waals surface area contributed by atoms with Gasteiger partial charge in [-0.3, -0.25) is 9.59 Å². The van der Waals surface area contributed by atoms with Crippen molar-refractivity contribution in [1.82, 2.24) is 4.90 Å². The largest absolute Gasteiger partial charge is 0.381 e. The Bertz CT molecular complexity index is 905. The summed E-state index contributed by atoms with van der Waals surface area (Å²) in [6.07, 6.45) is 1.26. The van der Waals surface area contributed by atoms with Crippen molar-refractivity contribution >= 4 is 22.5 Å². The first-order chi connectivity index (χ1) is 12.7. The van der Waals surface area contributed by atoms with Crippen molar-refractivity contribution in [2.24, 2.45) is 17.3 Å². The van der Waals surface area contributed by atoms with Gasteiger partial charge in [0.05, 0.1) is 13.1 Å². The van der Waals surface area contributed by atoms with Crippen molar-refractivity contribution in [3.8, 4) is 0 Å². The molecule has 2 aromatic carbocycles. The summed E-state index contributed by atoms with van der Waals surface area (Å²) < 4.78 is 0. The normalized spacial score (nSPS) is 25.6. The Morgan fingerprint density at radius 2 is 1.78 bits per heavy atom. The molecule has 1 aliphatic heterocycles. The second kappa shape index (κ2) is 6.16. The van der Waals surface area contributed by atoms with E-state index in [1.165, 1.54) is 0 Å². The molecular formula is C23H27NO3. The van der Waals surface area contributed by atoms with Crippen LogP contribution in [-0.2, 0) is 15.2 Å². The van der Waals surface area contributed by atoms with Crippen molar-refractivity contribution < 1.29 is 14.7 Å². The molecule has 1 N–H and O–H groups in total. The van der Waals surface area contributed by atoms with Gasteiger partial charge in [0.2, 0.25) is 5.91 Å². The third kappa shape index (κ3) is 2.87. The molecule has 2 aromatic rings. The number of aliphatic hydroxyl groups is 1. The smallest absolute Gasteiger partial charge is 0.223 e. The van der Waals surface area contributed by atoms with Crippen molar-refractivity contribution in [3.63, 3.8) is 0 Å². The van der Waals surface area contributed by atoms with Gasteiger partial charge in [-0.2, -0.15) is 0 Å². The van der Waals surface area contributed by atoms with Crippen LogP contribution in [0.3, 0.4) is 0 Å². The first-order valence-corrected chi connectivity index (χ1v) is 9.71. The summed E-state index contributed by atoms with van der Waals surface area (Å²) in [5.74, 6) is 0.613. The maximum Gasteiger partial charge on any atom is 0.223 e. The highest BCUT2D eigenvalue weighted by Gasteiger charge is 2.52. The van der Waals surface area contributed by atoms with Gasteiger partial charge in [-0.1, -0.05) is 56.3 Å². The number of Topliss-reactive ketones (excluding diaryl/α,β-unsaturated/α-hetero) is 1. The zero-order valence-electron chi connectivity index (χ0n) is 16.2. The van der Waals surface area contributed by atoms with E-state index in [-0.39, 0.29) is 28.9 Å². The van der Waals surface area contributed by atoms with E-state index in [2.05, 4.69) is 13.8 Å². The van der Waals surface area contributed by atoms with E-state index in [9.17, 15) is 14.7 Å². The number of carbonyl (C=O) groups excluding carboxylic acids is 2. The summed E-state index contributed by atoms with van der Waals surface area (Å²) in [6, 6.07) is 14.0. The monoisotopic (exact) mass is 365 g/mol. The molecule has 0 radical (unpaired) electrons. The lowest BCUT2D eigenvalue weighted by Gasteiger charge is -2.53. The van der Waals surface area contributed by atoms with Gasteiger partial charge in [0.25, 0.3) is 0 Å². The third-order valence-corrected chi connectivity index (χ3v) is 6.93. The summed E-state index contributed by atoms with van der Waals surface area (Å²) in [7, 11) is 0. The average molecular weight is 365 g/mol. The molecule has 4 rings (SSSR count). The number of rotatable bonds is 4. The molecule has 0 spiro atoms. The van der Waals surface area contributed by atoms with Crippen molar-refractivity contribution in [2.45, 2.75) is 39.2 Å². The molecular weight excluding hydrogens is 338 g/mol. The molecule has 0 aromatic heterocycles. The van der Waals surface area contributed by atoms with Crippen LogP contribution in [0.25, 0.3) is 10.8 Å². The Kier molecular flexibility index (Phi) is 4.15.